The number of unbranched alkanes of at least 4 members (excludes halogenated alkanes) is 1. The van der Waals surface area contributed by atoms with E-state index in [-0.39, 0.29) is 39.5 Å². The van der Waals surface area contributed by atoms with E-state index in [2.05, 4.69) is 5.32 Å². The molecule has 4 rings (SSSR count). The second-order valence-corrected chi connectivity index (χ2v) is 14.0. The molecule has 0 aliphatic heterocycles. The summed E-state index contributed by atoms with van der Waals surface area (Å²) >= 11 is 19.2. The summed E-state index contributed by atoms with van der Waals surface area (Å²) < 4.78 is 29.3. The van der Waals surface area contributed by atoms with Crippen molar-refractivity contribution in [3.8, 4) is 0 Å². The molecule has 4 aromatic carbocycles. The lowest BCUT2D eigenvalue weighted by Crippen LogP contribution is -2.53. The molecule has 0 heterocycles. The number of rotatable bonds is 14. The molecule has 0 aromatic heterocycles. The van der Waals surface area contributed by atoms with E-state index in [0.29, 0.717) is 17.1 Å². The van der Waals surface area contributed by atoms with Crippen molar-refractivity contribution in [2.24, 2.45) is 0 Å². The van der Waals surface area contributed by atoms with Crippen LogP contribution in [0.1, 0.15) is 36.5 Å². The third-order valence-electron chi connectivity index (χ3n) is 7.43. The van der Waals surface area contributed by atoms with E-state index >= 15 is 0 Å². The van der Waals surface area contributed by atoms with Gasteiger partial charge in [-0.3, -0.25) is 13.9 Å². The second-order valence-electron chi connectivity index (χ2n) is 10.9. The van der Waals surface area contributed by atoms with Crippen molar-refractivity contribution in [2.75, 3.05) is 17.4 Å². The van der Waals surface area contributed by atoms with Crippen LogP contribution in [0.15, 0.2) is 102 Å². The molecule has 0 aliphatic carbocycles. The largest absolute Gasteiger partial charge is 0.354 e. The highest BCUT2D eigenvalue weighted by Crippen LogP contribution is 2.35. The van der Waals surface area contributed by atoms with Crippen LogP contribution in [0.4, 0.5) is 5.69 Å². The second kappa shape index (κ2) is 16.3. The van der Waals surface area contributed by atoms with Gasteiger partial charge < -0.3 is 10.2 Å². The summed E-state index contributed by atoms with van der Waals surface area (Å²) in [5, 5.41) is 3.54. The molecule has 0 saturated carbocycles. The number of aryl methyl sites for hydroxylation is 1. The fourth-order valence-electron chi connectivity index (χ4n) is 4.93. The Hall–Kier alpha value is -3.56. The smallest absolute Gasteiger partial charge is 0.264 e. The number of carbonyl (C=O) groups excluding carboxylic acids is 2. The molecular weight excluding hydrogens is 665 g/mol. The van der Waals surface area contributed by atoms with Crippen molar-refractivity contribution in [2.45, 2.75) is 50.6 Å². The number of anilines is 1. The van der Waals surface area contributed by atoms with E-state index in [9.17, 15) is 18.0 Å². The number of nitrogens with one attached hydrogen (secondary N) is 1. The van der Waals surface area contributed by atoms with E-state index < -0.39 is 28.5 Å². The molecule has 0 bridgehead atoms. The highest BCUT2D eigenvalue weighted by atomic mass is 35.5. The van der Waals surface area contributed by atoms with Crippen molar-refractivity contribution in [1.82, 2.24) is 10.2 Å². The Bertz CT molecular complexity index is 1750. The fraction of sp³-hybridized carbons (Fsp3) is 0.257. The molecule has 46 heavy (non-hydrogen) atoms. The number of benzene rings is 4. The summed E-state index contributed by atoms with van der Waals surface area (Å²) in [4.78, 5) is 29.8. The van der Waals surface area contributed by atoms with Crippen LogP contribution in [0, 0.1) is 6.92 Å². The van der Waals surface area contributed by atoms with Crippen LogP contribution in [-0.4, -0.2) is 44.3 Å². The summed E-state index contributed by atoms with van der Waals surface area (Å²) in [5.41, 5.74) is 2.42. The lowest BCUT2D eigenvalue weighted by Gasteiger charge is -2.34. The molecule has 0 spiro atoms. The van der Waals surface area contributed by atoms with Crippen molar-refractivity contribution in [3.05, 3.63) is 129 Å². The molecule has 1 atom stereocenters. The Kier molecular flexibility index (Phi) is 12.5. The van der Waals surface area contributed by atoms with E-state index in [0.717, 1.165) is 28.3 Å². The molecule has 2 amide bonds. The maximum Gasteiger partial charge on any atom is 0.264 e. The van der Waals surface area contributed by atoms with Crippen molar-refractivity contribution >= 4 is 62.3 Å². The van der Waals surface area contributed by atoms with Crippen LogP contribution in [0.2, 0.25) is 15.1 Å². The van der Waals surface area contributed by atoms with E-state index in [1.807, 2.05) is 44.2 Å². The fourth-order valence-corrected chi connectivity index (χ4v) is 7.01. The van der Waals surface area contributed by atoms with Gasteiger partial charge in [-0.25, -0.2) is 8.42 Å². The molecular formula is C35H36Cl3N3O4S. The summed E-state index contributed by atoms with van der Waals surface area (Å²) in [5.74, 6) is -0.959. The van der Waals surface area contributed by atoms with Crippen molar-refractivity contribution in [3.63, 3.8) is 0 Å². The van der Waals surface area contributed by atoms with Gasteiger partial charge in [0.1, 0.15) is 12.6 Å². The molecule has 0 fully saturated rings. The van der Waals surface area contributed by atoms with E-state index in [1.165, 1.54) is 29.2 Å². The third kappa shape index (κ3) is 9.04. The van der Waals surface area contributed by atoms with Gasteiger partial charge >= 0.3 is 0 Å². The summed E-state index contributed by atoms with van der Waals surface area (Å²) in [6.07, 6.45) is 1.84. The van der Waals surface area contributed by atoms with Crippen LogP contribution in [0.25, 0.3) is 0 Å². The number of hydrogen-bond acceptors (Lipinski definition) is 4. The molecule has 1 N–H and O–H groups in total. The van der Waals surface area contributed by atoms with Crippen LogP contribution in [0.3, 0.4) is 0 Å². The number of halogens is 3. The minimum Gasteiger partial charge on any atom is -0.354 e. The van der Waals surface area contributed by atoms with Crippen molar-refractivity contribution < 1.29 is 18.0 Å². The topological polar surface area (TPSA) is 86.8 Å². The van der Waals surface area contributed by atoms with Crippen LogP contribution >= 0.6 is 34.8 Å². The number of hydrogen-bond donors (Lipinski definition) is 1. The monoisotopic (exact) mass is 699 g/mol. The number of sulfonamides is 1. The Balaban J connectivity index is 1.82. The zero-order valence-electron chi connectivity index (χ0n) is 25.6. The first-order valence-corrected chi connectivity index (χ1v) is 17.5. The molecule has 4 aromatic rings. The zero-order valence-corrected chi connectivity index (χ0v) is 28.7. The average molecular weight is 701 g/mol. The maximum absolute atomic E-state index is 14.5. The Morgan fingerprint density at radius 2 is 1.52 bits per heavy atom. The summed E-state index contributed by atoms with van der Waals surface area (Å²) in [6, 6.07) is 26.3. The first kappa shape index (κ1) is 35.3. The highest BCUT2D eigenvalue weighted by molar-refractivity contribution is 7.92. The Labute approximate surface area is 286 Å². The quantitative estimate of drug-likeness (QED) is 0.137. The van der Waals surface area contributed by atoms with Crippen molar-refractivity contribution in [1.29, 1.82) is 0 Å². The van der Waals surface area contributed by atoms with Gasteiger partial charge in [-0.15, -0.1) is 0 Å². The molecule has 1 unspecified atom stereocenters. The average Bonchev–Trinajstić information content (AvgIpc) is 3.03. The summed E-state index contributed by atoms with van der Waals surface area (Å²) in [6.45, 7) is 3.65. The van der Waals surface area contributed by atoms with Gasteiger partial charge in [0.2, 0.25) is 11.8 Å². The third-order valence-corrected chi connectivity index (χ3v) is 10.2. The predicted molar refractivity (Wildman–Crippen MR) is 186 cm³/mol. The van der Waals surface area contributed by atoms with Gasteiger partial charge in [0.05, 0.1) is 20.6 Å². The summed E-state index contributed by atoms with van der Waals surface area (Å²) in [7, 11) is -4.32. The minimum absolute atomic E-state index is 0.000210. The van der Waals surface area contributed by atoms with E-state index in [1.54, 1.807) is 42.5 Å². The van der Waals surface area contributed by atoms with Crippen LogP contribution in [0.5, 0.6) is 0 Å². The van der Waals surface area contributed by atoms with Crippen LogP contribution < -0.4 is 9.62 Å². The SMILES string of the molecule is CCCCNC(=O)C(Cc1ccccc1)N(Cc1cccc(Cl)c1)C(=O)CN(c1cccc(Cl)c1Cl)S(=O)(=O)c1ccc(C)cc1. The zero-order chi connectivity index (χ0) is 33.3. The van der Waals surface area contributed by atoms with E-state index in [4.69, 9.17) is 34.8 Å². The maximum atomic E-state index is 14.5. The van der Waals surface area contributed by atoms with Gasteiger partial charge in [-0.05, 0) is 60.9 Å². The lowest BCUT2D eigenvalue weighted by atomic mass is 10.0. The number of carbonyl (C=O) groups is 2. The standard InChI is InChI=1S/C35H36Cl3N3O4S/c1-3-4-20-39-35(43)32(22-26-10-6-5-7-11-26)40(23-27-12-8-13-28(36)21-27)33(42)24-41(31-15-9-14-30(37)34(31)38)46(44,45)29-18-16-25(2)17-19-29/h5-19,21,32H,3-4,20,22-24H2,1-2H3,(H,39,43). The Morgan fingerprint density at radius 3 is 2.20 bits per heavy atom. The lowest BCUT2D eigenvalue weighted by molar-refractivity contribution is -0.140. The number of nitrogens with zero attached hydrogens (tertiary/aromatic N) is 2. The first-order valence-electron chi connectivity index (χ1n) is 14.9. The molecule has 11 heteroatoms. The molecule has 0 aliphatic rings. The number of amides is 2. The van der Waals surface area contributed by atoms with Gasteiger partial charge in [0.25, 0.3) is 10.0 Å². The Morgan fingerprint density at radius 1 is 0.848 bits per heavy atom. The molecule has 0 saturated heterocycles. The van der Waals surface area contributed by atoms with Gasteiger partial charge in [0.15, 0.2) is 0 Å². The first-order chi connectivity index (χ1) is 22.0. The predicted octanol–water partition coefficient (Wildman–Crippen LogP) is 7.71. The molecule has 7 nitrogen and oxygen atoms in total. The highest BCUT2D eigenvalue weighted by Gasteiger charge is 2.35. The minimum atomic E-state index is -4.32. The molecule has 242 valence electrons. The molecule has 0 radical (unpaired) electrons. The van der Waals surface area contributed by atoms with Gasteiger partial charge in [-0.2, -0.15) is 0 Å². The van der Waals surface area contributed by atoms with Gasteiger partial charge in [0, 0.05) is 24.5 Å². The normalized spacial score (nSPS) is 11.9. The van der Waals surface area contributed by atoms with Gasteiger partial charge in [-0.1, -0.05) is 114 Å². The van der Waals surface area contributed by atoms with Crippen LogP contribution in [-0.2, 0) is 32.6 Å².